The van der Waals surface area contributed by atoms with Gasteiger partial charge in [0.1, 0.15) is 12.2 Å². The third-order valence-corrected chi connectivity index (χ3v) is 4.96. The predicted molar refractivity (Wildman–Crippen MR) is 99.9 cm³/mol. The number of anilines is 1. The highest BCUT2D eigenvalue weighted by Gasteiger charge is 2.22. The number of hydroxylamine groups is 2. The molecule has 0 aliphatic carbocycles. The zero-order valence-electron chi connectivity index (χ0n) is 12.8. The molecule has 1 aromatic carbocycles. The first kappa shape index (κ1) is 19.1. The summed E-state index contributed by atoms with van der Waals surface area (Å²) in [6.45, 7) is 1.97. The van der Waals surface area contributed by atoms with Gasteiger partial charge in [-0.3, -0.25) is 4.31 Å². The second-order valence-electron chi connectivity index (χ2n) is 5.22. The Bertz CT molecular complexity index is 428. The van der Waals surface area contributed by atoms with Gasteiger partial charge in [0.05, 0.1) is 5.69 Å². The van der Waals surface area contributed by atoms with E-state index < -0.39 is 0 Å². The fourth-order valence-corrected chi connectivity index (χ4v) is 3.53. The van der Waals surface area contributed by atoms with Gasteiger partial charge in [-0.15, -0.1) is 0 Å². The Balaban J connectivity index is 0.00000220. The second kappa shape index (κ2) is 9.27. The maximum Gasteiger partial charge on any atom is 0.135 e. The largest absolute Gasteiger partial charge is 0.306 e. The van der Waals surface area contributed by atoms with E-state index >= 15 is 0 Å². The number of halogens is 1. The molecule has 0 amide bonds. The molecular formula is C14H24BrN3OS2. The first-order valence-corrected chi connectivity index (χ1v) is 8.31. The molecule has 1 aliphatic rings. The molecule has 21 heavy (non-hydrogen) atoms. The van der Waals surface area contributed by atoms with Crippen LogP contribution in [0.2, 0.25) is 0 Å². The van der Waals surface area contributed by atoms with E-state index in [1.807, 2.05) is 29.6 Å². The number of hydrogen-bond acceptors (Lipinski definition) is 5. The molecule has 0 bridgehead atoms. The van der Waals surface area contributed by atoms with Crippen molar-refractivity contribution in [3.63, 3.8) is 0 Å². The van der Waals surface area contributed by atoms with Gasteiger partial charge in [-0.25, -0.2) is 4.28 Å². The lowest BCUT2D eigenvalue weighted by Gasteiger charge is -2.34. The third kappa shape index (κ3) is 5.65. The standard InChI is InChI=1S/C14H22BrN3OS.H2S/c1-16(2)12-8-10-18(11-9-12)19-20-17(3)14-7-5-4-6-13(14)15;/h4-7,12H,8-11H2,1-3H3;1H2. The smallest absolute Gasteiger partial charge is 0.135 e. The second-order valence-corrected chi connectivity index (χ2v) is 6.92. The van der Waals surface area contributed by atoms with E-state index in [-0.39, 0.29) is 13.5 Å². The van der Waals surface area contributed by atoms with Crippen LogP contribution >= 0.6 is 41.7 Å². The molecule has 1 heterocycles. The lowest BCUT2D eigenvalue weighted by Crippen LogP contribution is -2.41. The van der Waals surface area contributed by atoms with Crippen molar-refractivity contribution < 1.29 is 4.28 Å². The van der Waals surface area contributed by atoms with E-state index in [0.717, 1.165) is 36.1 Å². The molecule has 0 radical (unpaired) electrons. The molecule has 0 spiro atoms. The normalized spacial score (nSPS) is 16.8. The van der Waals surface area contributed by atoms with Crippen molar-refractivity contribution in [2.24, 2.45) is 0 Å². The minimum Gasteiger partial charge on any atom is -0.306 e. The van der Waals surface area contributed by atoms with Crippen LogP contribution in [0.1, 0.15) is 12.8 Å². The van der Waals surface area contributed by atoms with E-state index in [9.17, 15) is 0 Å². The van der Waals surface area contributed by atoms with Crippen LogP contribution in [0.4, 0.5) is 5.69 Å². The number of rotatable bonds is 5. The quantitative estimate of drug-likeness (QED) is 0.561. The van der Waals surface area contributed by atoms with Gasteiger partial charge in [0.15, 0.2) is 0 Å². The molecule has 0 saturated carbocycles. The summed E-state index contributed by atoms with van der Waals surface area (Å²) < 4.78 is 8.92. The van der Waals surface area contributed by atoms with Crippen LogP contribution < -0.4 is 4.31 Å². The number of nitrogens with zero attached hydrogens (tertiary/aromatic N) is 3. The van der Waals surface area contributed by atoms with Crippen molar-refractivity contribution in [3.8, 4) is 0 Å². The number of para-hydroxylation sites is 1. The van der Waals surface area contributed by atoms with E-state index in [0.29, 0.717) is 6.04 Å². The maximum atomic E-state index is 5.82. The van der Waals surface area contributed by atoms with Gasteiger partial charge in [-0.1, -0.05) is 12.1 Å². The molecule has 0 N–H and O–H groups in total. The van der Waals surface area contributed by atoms with Crippen molar-refractivity contribution in [3.05, 3.63) is 28.7 Å². The Morgan fingerprint density at radius 1 is 1.19 bits per heavy atom. The summed E-state index contributed by atoms with van der Waals surface area (Å²) >= 11 is 4.93. The molecule has 1 fully saturated rings. The van der Waals surface area contributed by atoms with Gasteiger partial charge in [0.2, 0.25) is 0 Å². The van der Waals surface area contributed by atoms with Crippen LogP contribution in [-0.2, 0) is 4.28 Å². The zero-order chi connectivity index (χ0) is 14.5. The van der Waals surface area contributed by atoms with Crippen molar-refractivity contribution >= 4 is 47.3 Å². The van der Waals surface area contributed by atoms with E-state index in [1.54, 1.807) is 0 Å². The van der Waals surface area contributed by atoms with Crippen LogP contribution in [0.25, 0.3) is 0 Å². The average Bonchev–Trinajstić information content (AvgIpc) is 2.45. The van der Waals surface area contributed by atoms with Gasteiger partial charge in [0, 0.05) is 30.7 Å². The summed E-state index contributed by atoms with van der Waals surface area (Å²) in [6, 6.07) is 8.83. The first-order chi connectivity index (χ1) is 9.58. The van der Waals surface area contributed by atoms with Crippen molar-refractivity contribution in [1.29, 1.82) is 0 Å². The molecule has 7 heteroatoms. The average molecular weight is 394 g/mol. The van der Waals surface area contributed by atoms with Gasteiger partial charge in [0.25, 0.3) is 0 Å². The Hall–Kier alpha value is 0.0800. The van der Waals surface area contributed by atoms with Crippen LogP contribution in [0.3, 0.4) is 0 Å². The number of piperidine rings is 1. The minimum absolute atomic E-state index is 0. The van der Waals surface area contributed by atoms with Crippen LogP contribution in [-0.4, -0.2) is 50.2 Å². The summed E-state index contributed by atoms with van der Waals surface area (Å²) in [6.07, 6.45) is 2.32. The molecule has 1 saturated heterocycles. The van der Waals surface area contributed by atoms with Crippen LogP contribution in [0.5, 0.6) is 0 Å². The molecule has 120 valence electrons. The number of benzene rings is 1. The Morgan fingerprint density at radius 3 is 2.38 bits per heavy atom. The van der Waals surface area contributed by atoms with Crippen LogP contribution in [0, 0.1) is 0 Å². The Labute approximate surface area is 147 Å². The number of hydrogen-bond donors (Lipinski definition) is 0. The van der Waals surface area contributed by atoms with Crippen LogP contribution in [0.15, 0.2) is 28.7 Å². The highest BCUT2D eigenvalue weighted by molar-refractivity contribution is 9.10. The molecule has 4 nitrogen and oxygen atoms in total. The summed E-state index contributed by atoms with van der Waals surface area (Å²) in [5.74, 6) is 0. The summed E-state index contributed by atoms with van der Waals surface area (Å²) in [7, 11) is 6.31. The van der Waals surface area contributed by atoms with E-state index in [2.05, 4.69) is 46.1 Å². The van der Waals surface area contributed by atoms with Crippen molar-refractivity contribution in [2.45, 2.75) is 18.9 Å². The molecule has 2 rings (SSSR count). The lowest BCUT2D eigenvalue weighted by atomic mass is 10.1. The first-order valence-electron chi connectivity index (χ1n) is 6.82. The zero-order valence-corrected chi connectivity index (χ0v) is 16.2. The maximum absolute atomic E-state index is 5.82. The highest BCUT2D eigenvalue weighted by atomic mass is 79.9. The third-order valence-electron chi connectivity index (χ3n) is 3.60. The monoisotopic (exact) mass is 393 g/mol. The molecule has 0 aromatic heterocycles. The molecular weight excluding hydrogens is 370 g/mol. The van der Waals surface area contributed by atoms with Crippen molar-refractivity contribution in [1.82, 2.24) is 9.96 Å². The van der Waals surface area contributed by atoms with Gasteiger partial charge in [-0.05, 0) is 55.0 Å². The SMILES string of the molecule is CN(SON1CCC(N(C)C)CC1)c1ccccc1Br.S. The summed E-state index contributed by atoms with van der Waals surface area (Å²) in [5, 5.41) is 2.05. The predicted octanol–water partition coefficient (Wildman–Crippen LogP) is 3.52. The van der Waals surface area contributed by atoms with Crippen molar-refractivity contribution in [2.75, 3.05) is 38.5 Å². The fourth-order valence-electron chi connectivity index (χ4n) is 2.28. The Kier molecular flexibility index (Phi) is 8.44. The molecule has 1 aromatic rings. The van der Waals surface area contributed by atoms with Gasteiger partial charge in [-0.2, -0.15) is 18.6 Å². The molecule has 1 aliphatic heterocycles. The minimum atomic E-state index is 0. The summed E-state index contributed by atoms with van der Waals surface area (Å²) in [4.78, 5) is 2.30. The van der Waals surface area contributed by atoms with E-state index in [4.69, 9.17) is 4.28 Å². The lowest BCUT2D eigenvalue weighted by molar-refractivity contribution is -0.0661. The topological polar surface area (TPSA) is 19.0 Å². The highest BCUT2D eigenvalue weighted by Crippen LogP contribution is 2.30. The Morgan fingerprint density at radius 2 is 1.81 bits per heavy atom. The fraction of sp³-hybridized carbons (Fsp3) is 0.571. The van der Waals surface area contributed by atoms with Gasteiger partial charge < -0.3 is 4.90 Å². The van der Waals surface area contributed by atoms with Gasteiger partial charge >= 0.3 is 0 Å². The summed E-state index contributed by atoms with van der Waals surface area (Å²) in [5.41, 5.74) is 1.11. The molecule has 0 unspecified atom stereocenters. The molecule has 0 atom stereocenters. The van der Waals surface area contributed by atoms with E-state index in [1.165, 1.54) is 12.2 Å².